The Morgan fingerprint density at radius 1 is 1.38 bits per heavy atom. The minimum Gasteiger partial charge on any atom is -0.507 e. The van der Waals surface area contributed by atoms with Crippen LogP contribution in [-0.2, 0) is 4.74 Å². The zero-order valence-corrected chi connectivity index (χ0v) is 12.6. The van der Waals surface area contributed by atoms with E-state index in [0.717, 1.165) is 6.07 Å². The van der Waals surface area contributed by atoms with Gasteiger partial charge in [0.15, 0.2) is 0 Å². The molecule has 21 heavy (non-hydrogen) atoms. The van der Waals surface area contributed by atoms with E-state index in [4.69, 9.17) is 9.26 Å². The average molecular weight is 294 g/mol. The predicted octanol–water partition coefficient (Wildman–Crippen LogP) is 3.71. The lowest BCUT2D eigenvalue weighted by Crippen LogP contribution is -2.22. The molecule has 0 spiro atoms. The van der Waals surface area contributed by atoms with E-state index in [1.807, 2.05) is 27.7 Å². The first-order chi connectivity index (χ1) is 9.82. The molecular formula is C15H19FN2O3. The molecule has 0 aliphatic rings. The minimum atomic E-state index is -0.530. The third-order valence-corrected chi connectivity index (χ3v) is 2.99. The molecule has 0 radical (unpaired) electrons. The van der Waals surface area contributed by atoms with E-state index >= 15 is 0 Å². The number of aromatic nitrogens is 2. The van der Waals surface area contributed by atoms with Crippen LogP contribution in [0.25, 0.3) is 11.5 Å². The van der Waals surface area contributed by atoms with Gasteiger partial charge >= 0.3 is 0 Å². The Kier molecular flexibility index (Phi) is 4.27. The van der Waals surface area contributed by atoms with Gasteiger partial charge in [0.05, 0.1) is 5.56 Å². The number of benzene rings is 1. The second-order valence-corrected chi connectivity index (χ2v) is 5.82. The number of aromatic hydroxyl groups is 1. The molecule has 0 amide bonds. The minimum absolute atomic E-state index is 0.136. The summed E-state index contributed by atoms with van der Waals surface area (Å²) in [5.74, 6) is -0.230. The lowest BCUT2D eigenvalue weighted by atomic mass is 9.88. The highest BCUT2D eigenvalue weighted by Crippen LogP contribution is 2.36. The first-order valence-electron chi connectivity index (χ1n) is 6.77. The van der Waals surface area contributed by atoms with Crippen LogP contribution in [0.2, 0.25) is 0 Å². The molecule has 1 N–H and O–H groups in total. The van der Waals surface area contributed by atoms with Gasteiger partial charge in [0, 0.05) is 12.7 Å². The molecule has 0 saturated carbocycles. The summed E-state index contributed by atoms with van der Waals surface area (Å²) in [6, 6.07) is 3.63. The summed E-state index contributed by atoms with van der Waals surface area (Å²) in [6.45, 7) is 8.45. The smallest absolute Gasteiger partial charge is 0.261 e. The zero-order chi connectivity index (χ0) is 15.6. The van der Waals surface area contributed by atoms with Gasteiger partial charge in [0.25, 0.3) is 5.89 Å². The molecule has 1 atom stereocenters. The van der Waals surface area contributed by atoms with E-state index in [9.17, 15) is 9.50 Å². The lowest BCUT2D eigenvalue weighted by molar-refractivity contribution is -0.0203. The van der Waals surface area contributed by atoms with Crippen molar-refractivity contribution >= 4 is 0 Å². The van der Waals surface area contributed by atoms with Crippen LogP contribution in [0.3, 0.4) is 0 Å². The van der Waals surface area contributed by atoms with Gasteiger partial charge in [-0.3, -0.25) is 0 Å². The monoisotopic (exact) mass is 294 g/mol. The Morgan fingerprint density at radius 3 is 2.67 bits per heavy atom. The van der Waals surface area contributed by atoms with Crippen LogP contribution < -0.4 is 0 Å². The van der Waals surface area contributed by atoms with E-state index in [-0.39, 0.29) is 23.2 Å². The molecule has 5 nitrogen and oxygen atoms in total. The Hall–Kier alpha value is -1.95. The average Bonchev–Trinajstić information content (AvgIpc) is 2.83. The van der Waals surface area contributed by atoms with Crippen molar-refractivity contribution < 1.29 is 18.8 Å². The first kappa shape index (κ1) is 15.4. The van der Waals surface area contributed by atoms with Crippen LogP contribution in [0.4, 0.5) is 4.39 Å². The Morgan fingerprint density at radius 2 is 2.10 bits per heavy atom. The number of hydrogen-bond acceptors (Lipinski definition) is 5. The SMILES string of the molecule is CCOC(c1noc(-c2ccc(F)cc2O)n1)C(C)(C)C. The maximum Gasteiger partial charge on any atom is 0.261 e. The van der Waals surface area contributed by atoms with Gasteiger partial charge in [-0.05, 0) is 24.5 Å². The number of phenolic OH excluding ortho intramolecular Hbond substituents is 1. The molecule has 6 heteroatoms. The maximum absolute atomic E-state index is 13.0. The molecule has 0 saturated heterocycles. The van der Waals surface area contributed by atoms with Crippen LogP contribution in [0, 0.1) is 11.2 Å². The van der Waals surface area contributed by atoms with Crippen LogP contribution in [0.1, 0.15) is 39.6 Å². The highest BCUT2D eigenvalue weighted by Gasteiger charge is 2.31. The molecule has 114 valence electrons. The Balaban J connectivity index is 2.36. The molecule has 2 rings (SSSR count). The quantitative estimate of drug-likeness (QED) is 0.931. The molecule has 0 aliphatic carbocycles. The van der Waals surface area contributed by atoms with Gasteiger partial charge < -0.3 is 14.4 Å². The normalized spacial score (nSPS) is 13.4. The summed E-state index contributed by atoms with van der Waals surface area (Å²) in [5, 5.41) is 13.7. The molecule has 0 fully saturated rings. The summed E-state index contributed by atoms with van der Waals surface area (Å²) < 4.78 is 23.9. The van der Waals surface area contributed by atoms with Crippen molar-refractivity contribution in [3.8, 4) is 17.2 Å². The number of hydrogen-bond donors (Lipinski definition) is 1. The van der Waals surface area contributed by atoms with Crippen molar-refractivity contribution in [2.45, 2.75) is 33.8 Å². The largest absolute Gasteiger partial charge is 0.507 e. The van der Waals surface area contributed by atoms with Crippen LogP contribution in [-0.4, -0.2) is 21.9 Å². The molecular weight excluding hydrogens is 275 g/mol. The van der Waals surface area contributed by atoms with E-state index in [2.05, 4.69) is 10.1 Å². The molecule has 1 heterocycles. The number of nitrogens with zero attached hydrogens (tertiary/aromatic N) is 2. The van der Waals surface area contributed by atoms with Crippen LogP contribution in [0.15, 0.2) is 22.7 Å². The van der Waals surface area contributed by atoms with E-state index < -0.39 is 5.82 Å². The lowest BCUT2D eigenvalue weighted by Gasteiger charge is -2.27. The molecule has 0 bridgehead atoms. The fourth-order valence-corrected chi connectivity index (χ4v) is 2.01. The number of halogens is 1. The number of phenols is 1. The molecule has 2 aromatic rings. The van der Waals surface area contributed by atoms with Crippen LogP contribution >= 0.6 is 0 Å². The second-order valence-electron chi connectivity index (χ2n) is 5.82. The van der Waals surface area contributed by atoms with Crippen molar-refractivity contribution in [3.05, 3.63) is 29.8 Å². The van der Waals surface area contributed by atoms with Crippen molar-refractivity contribution in [2.24, 2.45) is 5.41 Å². The second kappa shape index (κ2) is 5.81. The molecule has 1 aromatic heterocycles. The van der Waals surface area contributed by atoms with Crippen molar-refractivity contribution in [3.63, 3.8) is 0 Å². The predicted molar refractivity (Wildman–Crippen MR) is 75.2 cm³/mol. The Bertz CT molecular complexity index is 620. The highest BCUT2D eigenvalue weighted by atomic mass is 19.1. The first-order valence-corrected chi connectivity index (χ1v) is 6.77. The van der Waals surface area contributed by atoms with E-state index in [0.29, 0.717) is 18.0 Å². The Labute approximate surface area is 122 Å². The molecule has 1 unspecified atom stereocenters. The maximum atomic E-state index is 13.0. The third-order valence-electron chi connectivity index (χ3n) is 2.99. The fraction of sp³-hybridized carbons (Fsp3) is 0.467. The molecule has 0 aliphatic heterocycles. The fourth-order valence-electron chi connectivity index (χ4n) is 2.01. The van der Waals surface area contributed by atoms with Crippen molar-refractivity contribution in [1.82, 2.24) is 10.1 Å². The standard InChI is InChI=1S/C15H19FN2O3/c1-5-20-12(15(2,3)4)13-17-14(21-18-13)10-7-6-9(16)8-11(10)19/h6-8,12,19H,5H2,1-4H3. The summed E-state index contributed by atoms with van der Waals surface area (Å²) >= 11 is 0. The number of rotatable bonds is 4. The van der Waals surface area contributed by atoms with Gasteiger partial charge in [-0.2, -0.15) is 4.98 Å². The van der Waals surface area contributed by atoms with Gasteiger partial charge in [0.1, 0.15) is 17.7 Å². The summed E-state index contributed by atoms with van der Waals surface area (Å²) in [6.07, 6.45) is -0.331. The topological polar surface area (TPSA) is 68.4 Å². The number of ether oxygens (including phenoxy) is 1. The van der Waals surface area contributed by atoms with Gasteiger partial charge in [-0.1, -0.05) is 25.9 Å². The van der Waals surface area contributed by atoms with E-state index in [1.165, 1.54) is 12.1 Å². The van der Waals surface area contributed by atoms with Gasteiger partial charge in [-0.25, -0.2) is 4.39 Å². The zero-order valence-electron chi connectivity index (χ0n) is 12.6. The van der Waals surface area contributed by atoms with E-state index in [1.54, 1.807) is 0 Å². The summed E-state index contributed by atoms with van der Waals surface area (Å²) in [5.41, 5.74) is 0.0847. The molecule has 1 aromatic carbocycles. The van der Waals surface area contributed by atoms with Gasteiger partial charge in [0.2, 0.25) is 5.82 Å². The van der Waals surface area contributed by atoms with Crippen molar-refractivity contribution in [1.29, 1.82) is 0 Å². The summed E-state index contributed by atoms with van der Waals surface area (Å²) in [7, 11) is 0. The third kappa shape index (κ3) is 3.39. The summed E-state index contributed by atoms with van der Waals surface area (Å²) in [4.78, 5) is 4.27. The van der Waals surface area contributed by atoms with Gasteiger partial charge in [-0.15, -0.1) is 0 Å². The highest BCUT2D eigenvalue weighted by molar-refractivity contribution is 5.61. The van der Waals surface area contributed by atoms with Crippen LogP contribution in [0.5, 0.6) is 5.75 Å². The van der Waals surface area contributed by atoms with Crippen molar-refractivity contribution in [2.75, 3.05) is 6.61 Å².